The van der Waals surface area contributed by atoms with E-state index >= 15 is 0 Å². The van der Waals surface area contributed by atoms with Gasteiger partial charge in [-0.1, -0.05) is 51.5 Å². The highest BCUT2D eigenvalue weighted by atomic mass is 16.2. The van der Waals surface area contributed by atoms with Crippen molar-refractivity contribution in [1.82, 2.24) is 25.5 Å². The van der Waals surface area contributed by atoms with Gasteiger partial charge in [-0.15, -0.1) is 10.2 Å². The molecule has 2 aromatic rings. The predicted octanol–water partition coefficient (Wildman–Crippen LogP) is 2.38. The van der Waals surface area contributed by atoms with E-state index in [1.165, 1.54) is 10.4 Å². The molecule has 1 aromatic heterocycles. The lowest BCUT2D eigenvalue weighted by Gasteiger charge is -2.04. The Morgan fingerprint density at radius 3 is 2.64 bits per heavy atom. The maximum Gasteiger partial charge on any atom is 0.243 e. The third-order valence-corrected chi connectivity index (χ3v) is 3.43. The minimum atomic E-state index is -0.0902. The maximum absolute atomic E-state index is 11.7. The summed E-state index contributed by atoms with van der Waals surface area (Å²) in [6, 6.07) is 8.10. The van der Waals surface area contributed by atoms with E-state index in [2.05, 4.69) is 53.6 Å². The lowest BCUT2D eigenvalue weighted by molar-refractivity contribution is -0.122. The van der Waals surface area contributed by atoms with Crippen molar-refractivity contribution in [3.8, 4) is 11.4 Å². The standard InChI is InChI=1S/C16H23N5O/c1-4-5-10-17-15(22)11-21-19-16(18-20-21)14-8-6-13(7-9-14)12(2)3/h6-9,12H,4-5,10-11H2,1-3H3,(H,17,22). The van der Waals surface area contributed by atoms with Crippen LogP contribution in [0.25, 0.3) is 11.4 Å². The van der Waals surface area contributed by atoms with Crippen LogP contribution in [0.5, 0.6) is 0 Å². The SMILES string of the molecule is CCCCNC(=O)Cn1nnc(-c2ccc(C(C)C)cc2)n1. The molecule has 1 N–H and O–H groups in total. The highest BCUT2D eigenvalue weighted by molar-refractivity contribution is 5.75. The van der Waals surface area contributed by atoms with Crippen LogP contribution < -0.4 is 5.32 Å². The summed E-state index contributed by atoms with van der Waals surface area (Å²) in [5, 5.41) is 15.0. The van der Waals surface area contributed by atoms with Gasteiger partial charge >= 0.3 is 0 Å². The van der Waals surface area contributed by atoms with E-state index in [4.69, 9.17) is 0 Å². The Morgan fingerprint density at radius 2 is 2.00 bits per heavy atom. The average molecular weight is 301 g/mol. The second-order valence-corrected chi connectivity index (χ2v) is 5.62. The van der Waals surface area contributed by atoms with E-state index in [0.29, 0.717) is 18.3 Å². The van der Waals surface area contributed by atoms with E-state index in [1.807, 2.05) is 12.1 Å². The second-order valence-electron chi connectivity index (χ2n) is 5.62. The second kappa shape index (κ2) is 7.68. The van der Waals surface area contributed by atoms with Crippen molar-refractivity contribution in [2.75, 3.05) is 6.54 Å². The van der Waals surface area contributed by atoms with Crippen LogP contribution in [0.15, 0.2) is 24.3 Å². The van der Waals surface area contributed by atoms with Gasteiger partial charge in [-0.3, -0.25) is 4.79 Å². The summed E-state index contributed by atoms with van der Waals surface area (Å²) in [5.74, 6) is 0.939. The molecule has 0 unspecified atom stereocenters. The Kier molecular flexibility index (Phi) is 5.63. The lowest BCUT2D eigenvalue weighted by Crippen LogP contribution is -2.29. The third kappa shape index (κ3) is 4.38. The van der Waals surface area contributed by atoms with Crippen molar-refractivity contribution in [2.24, 2.45) is 0 Å². The van der Waals surface area contributed by atoms with Crippen LogP contribution in [0.2, 0.25) is 0 Å². The van der Waals surface area contributed by atoms with Crippen LogP contribution in [0.4, 0.5) is 0 Å². The monoisotopic (exact) mass is 301 g/mol. The molecule has 6 nitrogen and oxygen atoms in total. The highest BCUT2D eigenvalue weighted by Gasteiger charge is 2.09. The van der Waals surface area contributed by atoms with Gasteiger partial charge in [0.25, 0.3) is 0 Å². The first-order valence-electron chi connectivity index (χ1n) is 7.75. The van der Waals surface area contributed by atoms with Crippen molar-refractivity contribution in [1.29, 1.82) is 0 Å². The van der Waals surface area contributed by atoms with Crippen molar-refractivity contribution in [2.45, 2.75) is 46.1 Å². The molecular weight excluding hydrogens is 278 g/mol. The molecule has 0 saturated carbocycles. The molecule has 0 bridgehead atoms. The number of benzene rings is 1. The van der Waals surface area contributed by atoms with Gasteiger partial charge in [0.05, 0.1) is 0 Å². The largest absolute Gasteiger partial charge is 0.354 e. The molecule has 1 heterocycles. The number of nitrogens with zero attached hydrogens (tertiary/aromatic N) is 4. The van der Waals surface area contributed by atoms with Crippen LogP contribution in [-0.4, -0.2) is 32.7 Å². The van der Waals surface area contributed by atoms with E-state index in [1.54, 1.807) is 0 Å². The summed E-state index contributed by atoms with van der Waals surface area (Å²) in [4.78, 5) is 13.0. The van der Waals surface area contributed by atoms with Crippen LogP contribution >= 0.6 is 0 Å². The molecule has 0 saturated heterocycles. The number of amides is 1. The number of carbonyl (C=O) groups excluding carboxylic acids is 1. The Labute approximate surface area is 130 Å². The molecular formula is C16H23N5O. The molecule has 0 aliphatic rings. The van der Waals surface area contributed by atoms with Crippen LogP contribution in [0.3, 0.4) is 0 Å². The van der Waals surface area contributed by atoms with Gasteiger partial charge in [0.15, 0.2) is 0 Å². The number of hydrogen-bond donors (Lipinski definition) is 1. The first-order chi connectivity index (χ1) is 10.6. The van der Waals surface area contributed by atoms with Crippen LogP contribution in [-0.2, 0) is 11.3 Å². The summed E-state index contributed by atoms with van der Waals surface area (Å²) in [6.45, 7) is 7.18. The summed E-state index contributed by atoms with van der Waals surface area (Å²) in [6.07, 6.45) is 2.03. The molecule has 0 radical (unpaired) electrons. The zero-order valence-corrected chi connectivity index (χ0v) is 13.4. The molecule has 2 rings (SSSR count). The van der Waals surface area contributed by atoms with Crippen molar-refractivity contribution >= 4 is 5.91 Å². The Morgan fingerprint density at radius 1 is 1.27 bits per heavy atom. The Hall–Kier alpha value is -2.24. The highest BCUT2D eigenvalue weighted by Crippen LogP contribution is 2.19. The quantitative estimate of drug-likeness (QED) is 0.797. The topological polar surface area (TPSA) is 72.7 Å². The summed E-state index contributed by atoms with van der Waals surface area (Å²) in [7, 11) is 0. The van der Waals surface area contributed by atoms with Crippen molar-refractivity contribution in [3.05, 3.63) is 29.8 Å². The number of aromatic nitrogens is 4. The lowest BCUT2D eigenvalue weighted by atomic mass is 10.0. The zero-order valence-electron chi connectivity index (χ0n) is 13.4. The van der Waals surface area contributed by atoms with E-state index in [0.717, 1.165) is 18.4 Å². The number of rotatable bonds is 7. The molecule has 1 aromatic carbocycles. The van der Waals surface area contributed by atoms with E-state index in [-0.39, 0.29) is 12.5 Å². The number of hydrogen-bond acceptors (Lipinski definition) is 4. The first kappa shape index (κ1) is 16.1. The van der Waals surface area contributed by atoms with Crippen molar-refractivity contribution < 1.29 is 4.79 Å². The molecule has 0 aliphatic carbocycles. The van der Waals surface area contributed by atoms with Gasteiger partial charge in [-0.2, -0.15) is 4.80 Å². The fourth-order valence-corrected chi connectivity index (χ4v) is 2.03. The number of carbonyl (C=O) groups is 1. The molecule has 118 valence electrons. The summed E-state index contributed by atoms with van der Waals surface area (Å²) < 4.78 is 0. The number of tetrazole rings is 1. The van der Waals surface area contributed by atoms with Gasteiger partial charge in [0.1, 0.15) is 6.54 Å². The normalized spacial score (nSPS) is 10.9. The fraction of sp³-hybridized carbons (Fsp3) is 0.500. The smallest absolute Gasteiger partial charge is 0.243 e. The zero-order chi connectivity index (χ0) is 15.9. The molecule has 1 amide bonds. The molecule has 0 fully saturated rings. The van der Waals surface area contributed by atoms with Gasteiger partial charge < -0.3 is 5.32 Å². The van der Waals surface area contributed by atoms with Crippen LogP contribution in [0, 0.1) is 0 Å². The molecule has 6 heteroatoms. The summed E-state index contributed by atoms with van der Waals surface area (Å²) >= 11 is 0. The van der Waals surface area contributed by atoms with E-state index in [9.17, 15) is 4.79 Å². The minimum Gasteiger partial charge on any atom is -0.354 e. The molecule has 22 heavy (non-hydrogen) atoms. The first-order valence-corrected chi connectivity index (χ1v) is 7.75. The minimum absolute atomic E-state index is 0.0902. The van der Waals surface area contributed by atoms with Gasteiger partial charge in [-0.05, 0) is 23.1 Å². The fourth-order valence-electron chi connectivity index (χ4n) is 2.03. The average Bonchev–Trinajstić information content (AvgIpc) is 2.96. The number of nitrogens with one attached hydrogen (secondary N) is 1. The van der Waals surface area contributed by atoms with Crippen LogP contribution in [0.1, 0.15) is 45.1 Å². The molecule has 0 aliphatic heterocycles. The van der Waals surface area contributed by atoms with Crippen molar-refractivity contribution in [3.63, 3.8) is 0 Å². The predicted molar refractivity (Wildman–Crippen MR) is 85.3 cm³/mol. The third-order valence-electron chi connectivity index (χ3n) is 3.43. The molecule has 0 atom stereocenters. The number of unbranched alkanes of at least 4 members (excludes halogenated alkanes) is 1. The van der Waals surface area contributed by atoms with Gasteiger partial charge in [-0.25, -0.2) is 0 Å². The van der Waals surface area contributed by atoms with Gasteiger partial charge in [0, 0.05) is 12.1 Å². The molecule has 0 spiro atoms. The van der Waals surface area contributed by atoms with Gasteiger partial charge in [0.2, 0.25) is 11.7 Å². The Balaban J connectivity index is 1.97. The Bertz CT molecular complexity index is 603. The maximum atomic E-state index is 11.7. The van der Waals surface area contributed by atoms with E-state index < -0.39 is 0 Å². The summed E-state index contributed by atoms with van der Waals surface area (Å²) in [5.41, 5.74) is 2.17.